The number of fused-ring (bicyclic) bond motifs is 1. The molecule has 0 spiro atoms. The van der Waals surface area contributed by atoms with Gasteiger partial charge in [-0.15, -0.1) is 11.6 Å². The maximum absolute atomic E-state index is 13.9. The van der Waals surface area contributed by atoms with Crippen LogP contribution in [0.1, 0.15) is 77.0 Å². The van der Waals surface area contributed by atoms with Crippen molar-refractivity contribution in [2.45, 2.75) is 107 Å². The van der Waals surface area contributed by atoms with Crippen LogP contribution < -0.4 is 16.0 Å². The van der Waals surface area contributed by atoms with Gasteiger partial charge in [-0.25, -0.2) is 0 Å². The molecule has 2 saturated carbocycles. The van der Waals surface area contributed by atoms with Crippen molar-refractivity contribution in [3.63, 3.8) is 0 Å². The first-order valence-electron chi connectivity index (χ1n) is 15.7. The molecular formula is C30H48ClN5O4. The number of aliphatic hydroxyl groups is 1. The van der Waals surface area contributed by atoms with Gasteiger partial charge in [-0.3, -0.25) is 14.4 Å². The smallest absolute Gasteiger partial charge is 0.245 e. The minimum absolute atomic E-state index is 0.0589. The predicted octanol–water partition coefficient (Wildman–Crippen LogP) is 2.12. The number of β-amino-alcohol motifs (C(OH)–C–C–N with tert-alkyl or cyclic N) is 1. The van der Waals surface area contributed by atoms with E-state index in [4.69, 9.17) is 11.6 Å². The van der Waals surface area contributed by atoms with Crippen molar-refractivity contribution in [1.29, 1.82) is 0 Å². The van der Waals surface area contributed by atoms with E-state index >= 15 is 0 Å². The quantitative estimate of drug-likeness (QED) is 0.329. The maximum atomic E-state index is 13.9. The molecule has 0 aromatic rings. The maximum Gasteiger partial charge on any atom is 0.245 e. The standard InChI is InChI=1S/C30H48ClN5O4/c1-35(17-20-6-2-4-8-24(20)31)30(40)26(14-21-16-33-25-9-5-3-7-23(21)25)34-28(38)27-15-22(37)18-36(27)29(39)19-10-12-32-13-11-19/h16,19-20,22-27,32-33,37H,2-15,17-18H2,1H3,(H,34,38)/t20?,22-,23?,24?,25?,26?,27?/m1/s1. The molecule has 0 aromatic heterocycles. The van der Waals surface area contributed by atoms with Gasteiger partial charge in [0, 0.05) is 49.8 Å². The van der Waals surface area contributed by atoms with Crippen LogP contribution in [0.3, 0.4) is 0 Å². The number of likely N-dealkylation sites (N-methyl/N-ethyl adjacent to an activating group) is 1. The molecule has 4 fully saturated rings. The lowest BCUT2D eigenvalue weighted by Crippen LogP contribution is -2.55. The molecule has 7 atom stereocenters. The molecule has 40 heavy (non-hydrogen) atoms. The fourth-order valence-corrected chi connectivity index (χ4v) is 8.05. The molecule has 0 aromatic carbocycles. The van der Waals surface area contributed by atoms with Crippen LogP contribution in [0.25, 0.3) is 0 Å². The van der Waals surface area contributed by atoms with Crippen LogP contribution in [0.2, 0.25) is 0 Å². The van der Waals surface area contributed by atoms with Crippen molar-refractivity contribution < 1.29 is 19.5 Å². The fraction of sp³-hybridized carbons (Fsp3) is 0.833. The van der Waals surface area contributed by atoms with Crippen LogP contribution in [0.15, 0.2) is 11.8 Å². The molecule has 5 rings (SSSR count). The topological polar surface area (TPSA) is 114 Å². The first-order valence-corrected chi connectivity index (χ1v) is 16.1. The second-order valence-corrected chi connectivity index (χ2v) is 13.4. The zero-order chi connectivity index (χ0) is 28.2. The van der Waals surface area contributed by atoms with E-state index < -0.39 is 18.2 Å². The van der Waals surface area contributed by atoms with E-state index in [0.29, 0.717) is 24.9 Å². The molecule has 224 valence electrons. The molecule has 9 nitrogen and oxygen atoms in total. The zero-order valence-electron chi connectivity index (χ0n) is 24.0. The van der Waals surface area contributed by atoms with Crippen molar-refractivity contribution in [2.24, 2.45) is 17.8 Å². The molecule has 3 aliphatic heterocycles. The summed E-state index contributed by atoms with van der Waals surface area (Å²) in [5, 5.41) is 20.4. The van der Waals surface area contributed by atoms with Crippen molar-refractivity contribution in [3.05, 3.63) is 11.8 Å². The Bertz CT molecular complexity index is 956. The van der Waals surface area contributed by atoms with Gasteiger partial charge in [-0.05, 0) is 75.7 Å². The third-order valence-corrected chi connectivity index (χ3v) is 10.6. The molecule has 3 heterocycles. The second kappa shape index (κ2) is 13.4. The Kier molecular flexibility index (Phi) is 9.95. The number of carbonyl (C=O) groups is 3. The lowest BCUT2D eigenvalue weighted by Gasteiger charge is -2.34. The Morgan fingerprint density at radius 3 is 2.60 bits per heavy atom. The molecular weight excluding hydrogens is 530 g/mol. The average molecular weight is 578 g/mol. The molecule has 3 amide bonds. The van der Waals surface area contributed by atoms with Crippen LogP contribution in [0, 0.1) is 17.8 Å². The number of nitrogens with one attached hydrogen (secondary N) is 3. The van der Waals surface area contributed by atoms with E-state index in [9.17, 15) is 19.5 Å². The van der Waals surface area contributed by atoms with Gasteiger partial charge in [-0.1, -0.05) is 25.7 Å². The first-order chi connectivity index (χ1) is 19.3. The van der Waals surface area contributed by atoms with E-state index in [1.54, 1.807) is 9.80 Å². The molecule has 6 unspecified atom stereocenters. The third kappa shape index (κ3) is 6.79. The molecule has 2 aliphatic carbocycles. The van der Waals surface area contributed by atoms with Crippen molar-refractivity contribution in [3.8, 4) is 0 Å². The molecule has 10 heteroatoms. The number of likely N-dealkylation sites (tertiary alicyclic amines) is 1. The number of hydrogen-bond acceptors (Lipinski definition) is 6. The minimum Gasteiger partial charge on any atom is -0.391 e. The highest BCUT2D eigenvalue weighted by Gasteiger charge is 2.43. The van der Waals surface area contributed by atoms with Crippen molar-refractivity contribution in [1.82, 2.24) is 25.8 Å². The van der Waals surface area contributed by atoms with Crippen LogP contribution in [0.5, 0.6) is 0 Å². The summed E-state index contributed by atoms with van der Waals surface area (Å²) in [4.78, 5) is 44.4. The number of amides is 3. The van der Waals surface area contributed by atoms with Gasteiger partial charge in [0.15, 0.2) is 0 Å². The highest BCUT2D eigenvalue weighted by atomic mass is 35.5. The molecule has 4 N–H and O–H groups in total. The number of nitrogens with zero attached hydrogens (tertiary/aromatic N) is 2. The second-order valence-electron chi connectivity index (χ2n) is 12.8. The van der Waals surface area contributed by atoms with Gasteiger partial charge in [0.2, 0.25) is 17.7 Å². The van der Waals surface area contributed by atoms with Crippen LogP contribution in [-0.2, 0) is 14.4 Å². The van der Waals surface area contributed by atoms with E-state index in [-0.39, 0.29) is 47.9 Å². The number of rotatable bonds is 8. The van der Waals surface area contributed by atoms with Crippen LogP contribution in [-0.4, -0.2) is 95.5 Å². The van der Waals surface area contributed by atoms with Gasteiger partial charge >= 0.3 is 0 Å². The normalized spacial score (nSPS) is 33.5. The minimum atomic E-state index is -0.762. The Hall–Kier alpha value is -1.84. The largest absolute Gasteiger partial charge is 0.391 e. The molecule has 2 saturated heterocycles. The Balaban J connectivity index is 1.30. The van der Waals surface area contributed by atoms with Crippen molar-refractivity contribution in [2.75, 3.05) is 33.2 Å². The summed E-state index contributed by atoms with van der Waals surface area (Å²) in [5.41, 5.74) is 1.19. The summed E-state index contributed by atoms with van der Waals surface area (Å²) in [7, 11) is 1.82. The van der Waals surface area contributed by atoms with Gasteiger partial charge in [-0.2, -0.15) is 0 Å². The number of hydrogen-bond donors (Lipinski definition) is 4. The molecule has 0 bridgehead atoms. The average Bonchev–Trinajstić information content (AvgIpc) is 3.57. The summed E-state index contributed by atoms with van der Waals surface area (Å²) in [5.74, 6) is -0.0105. The Morgan fingerprint density at radius 2 is 1.82 bits per heavy atom. The van der Waals surface area contributed by atoms with E-state index in [1.165, 1.54) is 18.4 Å². The van der Waals surface area contributed by atoms with Crippen LogP contribution in [0.4, 0.5) is 0 Å². The number of carbonyl (C=O) groups excluding carboxylic acids is 3. The Labute approximate surface area is 243 Å². The summed E-state index contributed by atoms with van der Waals surface area (Å²) in [6, 6.07) is -1.07. The summed E-state index contributed by atoms with van der Waals surface area (Å²) in [6.07, 6.45) is 12.3. The number of halogens is 1. The van der Waals surface area contributed by atoms with Crippen molar-refractivity contribution >= 4 is 29.3 Å². The van der Waals surface area contributed by atoms with Gasteiger partial charge in [0.1, 0.15) is 12.1 Å². The van der Waals surface area contributed by atoms with E-state index in [2.05, 4.69) is 22.2 Å². The van der Waals surface area contributed by atoms with E-state index in [1.807, 2.05) is 7.05 Å². The lowest BCUT2D eigenvalue weighted by molar-refractivity contribution is -0.143. The monoisotopic (exact) mass is 577 g/mol. The van der Waals surface area contributed by atoms with Gasteiger partial charge in [0.25, 0.3) is 0 Å². The molecule has 5 aliphatic rings. The summed E-state index contributed by atoms with van der Waals surface area (Å²) in [6.45, 7) is 2.30. The van der Waals surface area contributed by atoms with Crippen LogP contribution >= 0.6 is 11.6 Å². The molecule has 0 radical (unpaired) electrons. The third-order valence-electron chi connectivity index (χ3n) is 10.0. The zero-order valence-corrected chi connectivity index (χ0v) is 24.7. The van der Waals surface area contributed by atoms with Gasteiger partial charge < -0.3 is 30.9 Å². The van der Waals surface area contributed by atoms with Gasteiger partial charge in [0.05, 0.1) is 6.10 Å². The number of aliphatic hydroxyl groups excluding tert-OH is 1. The predicted molar refractivity (Wildman–Crippen MR) is 154 cm³/mol. The first kappa shape index (κ1) is 29.6. The number of alkyl halides is 1. The summed E-state index contributed by atoms with van der Waals surface area (Å²) < 4.78 is 0. The SMILES string of the molecule is CN(CC1CCCCC1Cl)C(=O)C(CC1=CNC2CCCCC12)NC(=O)C1C[C@@H](O)CN1C(=O)C1CCNCC1. The number of piperidine rings is 1. The highest BCUT2D eigenvalue weighted by Crippen LogP contribution is 2.36. The van der Waals surface area contributed by atoms with E-state index in [0.717, 1.165) is 64.5 Å². The summed E-state index contributed by atoms with van der Waals surface area (Å²) >= 11 is 6.63. The fourth-order valence-electron chi connectivity index (χ4n) is 7.69. The Morgan fingerprint density at radius 1 is 1.10 bits per heavy atom. The lowest BCUT2D eigenvalue weighted by atomic mass is 9.80. The highest BCUT2D eigenvalue weighted by molar-refractivity contribution is 6.20.